The Balaban J connectivity index is 1.48. The maximum atomic E-state index is 6.13. The van der Waals surface area contributed by atoms with Crippen molar-refractivity contribution < 1.29 is 9.47 Å². The number of nitrogens with one attached hydrogen (secondary N) is 1. The van der Waals surface area contributed by atoms with Crippen molar-refractivity contribution in [2.75, 3.05) is 26.4 Å². The van der Waals surface area contributed by atoms with Gasteiger partial charge in [0.1, 0.15) is 0 Å². The van der Waals surface area contributed by atoms with Crippen LogP contribution in [0.5, 0.6) is 0 Å². The van der Waals surface area contributed by atoms with Crippen LogP contribution in [0.2, 0.25) is 0 Å². The molecule has 0 aromatic carbocycles. The molecule has 2 aliphatic heterocycles. The van der Waals surface area contributed by atoms with Gasteiger partial charge in [-0.2, -0.15) is 0 Å². The first-order valence-corrected chi connectivity index (χ1v) is 8.39. The van der Waals surface area contributed by atoms with E-state index in [9.17, 15) is 0 Å². The first-order valence-electron chi connectivity index (χ1n) is 8.39. The highest BCUT2D eigenvalue weighted by molar-refractivity contribution is 5.07. The van der Waals surface area contributed by atoms with Gasteiger partial charge >= 0.3 is 0 Å². The summed E-state index contributed by atoms with van der Waals surface area (Å²) in [6.07, 6.45) is 11.0. The summed E-state index contributed by atoms with van der Waals surface area (Å²) in [6, 6.07) is 0.831. The van der Waals surface area contributed by atoms with Gasteiger partial charge < -0.3 is 14.8 Å². The normalized spacial score (nSPS) is 30.6. The molecule has 1 N–H and O–H groups in total. The van der Waals surface area contributed by atoms with Crippen molar-refractivity contribution in [2.45, 2.75) is 63.5 Å². The molecule has 0 amide bonds. The smallest absolute Gasteiger partial charge is 0.0732 e. The molecular formula is C17H29NO2. The van der Waals surface area contributed by atoms with E-state index < -0.39 is 0 Å². The van der Waals surface area contributed by atoms with Crippen molar-refractivity contribution in [1.82, 2.24) is 5.32 Å². The molecule has 20 heavy (non-hydrogen) atoms. The quantitative estimate of drug-likeness (QED) is 0.620. The molecule has 0 aromatic rings. The third kappa shape index (κ3) is 3.84. The minimum atomic E-state index is 0.128. The van der Waals surface area contributed by atoms with Crippen molar-refractivity contribution in [1.29, 1.82) is 0 Å². The Hall–Kier alpha value is -0.380. The molecule has 114 valence electrons. The average molecular weight is 279 g/mol. The lowest BCUT2D eigenvalue weighted by Crippen LogP contribution is -2.44. The van der Waals surface area contributed by atoms with E-state index in [1.165, 1.54) is 32.1 Å². The third-order valence-electron chi connectivity index (χ3n) is 5.16. The van der Waals surface area contributed by atoms with Crippen molar-refractivity contribution in [3.05, 3.63) is 11.6 Å². The van der Waals surface area contributed by atoms with Gasteiger partial charge in [-0.25, -0.2) is 0 Å². The van der Waals surface area contributed by atoms with E-state index in [2.05, 4.69) is 18.3 Å². The molecule has 1 saturated carbocycles. The van der Waals surface area contributed by atoms with Crippen LogP contribution >= 0.6 is 0 Å². The van der Waals surface area contributed by atoms with E-state index in [0.29, 0.717) is 0 Å². The molecule has 1 atom stereocenters. The van der Waals surface area contributed by atoms with Crippen molar-refractivity contribution >= 4 is 0 Å². The Morgan fingerprint density at radius 3 is 2.75 bits per heavy atom. The van der Waals surface area contributed by atoms with Crippen molar-refractivity contribution in [3.8, 4) is 0 Å². The highest BCUT2D eigenvalue weighted by Crippen LogP contribution is 2.39. The Bertz CT molecular complexity index is 337. The van der Waals surface area contributed by atoms with Gasteiger partial charge in [-0.3, -0.25) is 0 Å². The van der Waals surface area contributed by atoms with Crippen LogP contribution in [0.3, 0.4) is 0 Å². The van der Waals surface area contributed by atoms with Crippen LogP contribution in [0, 0.1) is 5.92 Å². The number of ether oxygens (including phenoxy) is 2. The minimum absolute atomic E-state index is 0.128. The van der Waals surface area contributed by atoms with Crippen LogP contribution in [0.4, 0.5) is 0 Å². The Morgan fingerprint density at radius 2 is 2.00 bits per heavy atom. The first-order chi connectivity index (χ1) is 9.77. The average Bonchev–Trinajstić information content (AvgIpc) is 3.28. The highest BCUT2D eigenvalue weighted by atomic mass is 16.5. The van der Waals surface area contributed by atoms with E-state index >= 15 is 0 Å². The summed E-state index contributed by atoms with van der Waals surface area (Å²) in [7, 11) is 0. The summed E-state index contributed by atoms with van der Waals surface area (Å²) in [5.41, 5.74) is 1.71. The predicted octanol–water partition coefficient (Wildman–Crippen LogP) is 3.05. The molecule has 0 radical (unpaired) electrons. The molecule has 1 aliphatic carbocycles. The second kappa shape index (κ2) is 6.59. The second-order valence-corrected chi connectivity index (χ2v) is 6.80. The van der Waals surface area contributed by atoms with Gasteiger partial charge in [0.25, 0.3) is 0 Å². The van der Waals surface area contributed by atoms with E-state index in [-0.39, 0.29) is 5.60 Å². The fraction of sp³-hybridized carbons (Fsp3) is 0.882. The lowest BCUT2D eigenvalue weighted by Gasteiger charge is -2.43. The zero-order chi connectivity index (χ0) is 13.8. The maximum absolute atomic E-state index is 6.13. The van der Waals surface area contributed by atoms with Gasteiger partial charge in [-0.05, 0) is 64.3 Å². The van der Waals surface area contributed by atoms with E-state index in [0.717, 1.165) is 51.2 Å². The third-order valence-corrected chi connectivity index (χ3v) is 5.16. The van der Waals surface area contributed by atoms with Crippen LogP contribution in [-0.4, -0.2) is 38.0 Å². The maximum Gasteiger partial charge on any atom is 0.0732 e. The van der Waals surface area contributed by atoms with Crippen LogP contribution in [-0.2, 0) is 9.47 Å². The molecular weight excluding hydrogens is 250 g/mol. The first kappa shape index (κ1) is 14.6. The molecule has 1 unspecified atom stereocenters. The molecule has 3 heteroatoms. The summed E-state index contributed by atoms with van der Waals surface area (Å²) in [4.78, 5) is 0. The zero-order valence-corrected chi connectivity index (χ0v) is 12.8. The highest BCUT2D eigenvalue weighted by Gasteiger charge is 2.39. The van der Waals surface area contributed by atoms with E-state index in [4.69, 9.17) is 9.47 Å². The Labute approximate surface area is 123 Å². The molecule has 2 heterocycles. The Morgan fingerprint density at radius 1 is 1.20 bits per heavy atom. The van der Waals surface area contributed by atoms with Gasteiger partial charge in [0, 0.05) is 25.9 Å². The predicted molar refractivity (Wildman–Crippen MR) is 80.9 cm³/mol. The molecule has 2 saturated heterocycles. The molecule has 3 fully saturated rings. The number of hydrogen-bond donors (Lipinski definition) is 1. The van der Waals surface area contributed by atoms with Gasteiger partial charge in [-0.1, -0.05) is 11.6 Å². The standard InChI is InChI=1S/C17H29NO2/c1-14(3-2-9-18-16-4-5-16)15-6-10-20-17(13-15)7-11-19-12-8-17/h3,15-16,18H,2,4-13H2,1H3. The molecule has 1 spiro atoms. The van der Waals surface area contributed by atoms with Gasteiger partial charge in [0.2, 0.25) is 0 Å². The van der Waals surface area contributed by atoms with Gasteiger partial charge in [0.15, 0.2) is 0 Å². The summed E-state index contributed by atoms with van der Waals surface area (Å²) in [5, 5.41) is 3.59. The summed E-state index contributed by atoms with van der Waals surface area (Å²) >= 11 is 0. The largest absolute Gasteiger partial charge is 0.381 e. The lowest BCUT2D eigenvalue weighted by atomic mass is 9.78. The topological polar surface area (TPSA) is 30.5 Å². The fourth-order valence-electron chi connectivity index (χ4n) is 3.55. The van der Waals surface area contributed by atoms with Crippen LogP contribution < -0.4 is 5.32 Å². The second-order valence-electron chi connectivity index (χ2n) is 6.80. The molecule has 0 aromatic heterocycles. The van der Waals surface area contributed by atoms with E-state index in [1.54, 1.807) is 5.57 Å². The van der Waals surface area contributed by atoms with Crippen molar-refractivity contribution in [2.24, 2.45) is 5.92 Å². The SMILES string of the molecule is CC(=CCCNC1CC1)C1CCOC2(CCOCC2)C1. The number of hydrogen-bond acceptors (Lipinski definition) is 3. The molecule has 3 aliphatic rings. The van der Waals surface area contributed by atoms with E-state index in [1.807, 2.05) is 0 Å². The summed E-state index contributed by atoms with van der Waals surface area (Å²) in [6.45, 7) is 6.14. The monoisotopic (exact) mass is 279 g/mol. The van der Waals surface area contributed by atoms with Gasteiger partial charge in [0.05, 0.1) is 5.60 Å². The zero-order valence-electron chi connectivity index (χ0n) is 12.8. The van der Waals surface area contributed by atoms with Crippen molar-refractivity contribution in [3.63, 3.8) is 0 Å². The van der Waals surface area contributed by atoms with Crippen LogP contribution in [0.15, 0.2) is 11.6 Å². The number of allylic oxidation sites excluding steroid dienone is 1. The summed E-state index contributed by atoms with van der Waals surface area (Å²) < 4.78 is 11.6. The summed E-state index contributed by atoms with van der Waals surface area (Å²) in [5.74, 6) is 0.725. The molecule has 3 nitrogen and oxygen atoms in total. The number of rotatable bonds is 5. The molecule has 0 bridgehead atoms. The molecule has 3 rings (SSSR count). The minimum Gasteiger partial charge on any atom is -0.381 e. The van der Waals surface area contributed by atoms with Crippen LogP contribution in [0.25, 0.3) is 0 Å². The van der Waals surface area contributed by atoms with Gasteiger partial charge in [-0.15, -0.1) is 0 Å². The Kier molecular flexibility index (Phi) is 4.79. The lowest BCUT2D eigenvalue weighted by molar-refractivity contribution is -0.143. The van der Waals surface area contributed by atoms with Crippen LogP contribution in [0.1, 0.15) is 51.9 Å². The fourth-order valence-corrected chi connectivity index (χ4v) is 3.55.